The number of unbranched alkanes of at least 4 members (excludes halogenated alkanes) is 1. The molecule has 0 spiro atoms. The molecule has 0 radical (unpaired) electrons. The van der Waals surface area contributed by atoms with Crippen molar-refractivity contribution in [1.29, 1.82) is 0 Å². The first kappa shape index (κ1) is 11.4. The first-order valence-corrected chi connectivity index (χ1v) is 5.25. The highest BCUT2D eigenvalue weighted by Gasteiger charge is 2.34. The highest BCUT2D eigenvalue weighted by atomic mass is 16.7. The van der Waals surface area contributed by atoms with Crippen molar-refractivity contribution in [2.45, 2.75) is 38.7 Å². The average molecular weight is 200 g/mol. The highest BCUT2D eigenvalue weighted by Crippen LogP contribution is 2.27. The zero-order valence-corrected chi connectivity index (χ0v) is 9.17. The van der Waals surface area contributed by atoms with Gasteiger partial charge in [-0.25, -0.2) is 0 Å². The van der Waals surface area contributed by atoms with Gasteiger partial charge in [0.1, 0.15) is 12.2 Å². The Morgan fingerprint density at radius 3 is 2.86 bits per heavy atom. The Balaban J connectivity index is 2.08. The largest absolute Gasteiger partial charge is 0.462 e. The van der Waals surface area contributed by atoms with E-state index in [0.717, 1.165) is 26.1 Å². The lowest BCUT2D eigenvalue weighted by Gasteiger charge is -2.19. The van der Waals surface area contributed by atoms with E-state index < -0.39 is 0 Å². The van der Waals surface area contributed by atoms with Crippen LogP contribution >= 0.6 is 0 Å². The van der Waals surface area contributed by atoms with Crippen molar-refractivity contribution in [1.82, 2.24) is 0 Å². The zero-order chi connectivity index (χ0) is 10.4. The molecule has 3 nitrogen and oxygen atoms in total. The van der Waals surface area contributed by atoms with Crippen molar-refractivity contribution in [3.8, 4) is 0 Å². The molecule has 1 atom stereocenters. The molecular formula is C11H20O3. The van der Waals surface area contributed by atoms with Gasteiger partial charge < -0.3 is 14.2 Å². The van der Waals surface area contributed by atoms with Gasteiger partial charge in [0, 0.05) is 13.0 Å². The minimum absolute atomic E-state index is 0.233. The van der Waals surface area contributed by atoms with Crippen molar-refractivity contribution in [3.05, 3.63) is 12.5 Å². The second-order valence-electron chi connectivity index (χ2n) is 3.93. The summed E-state index contributed by atoms with van der Waals surface area (Å²) in [6, 6.07) is 0. The second-order valence-corrected chi connectivity index (χ2v) is 3.93. The Morgan fingerprint density at radius 1 is 1.50 bits per heavy atom. The summed E-state index contributed by atoms with van der Waals surface area (Å²) < 4.78 is 16.1. The van der Waals surface area contributed by atoms with Crippen LogP contribution in [0.3, 0.4) is 0 Å². The molecule has 1 heterocycles. The van der Waals surface area contributed by atoms with Crippen LogP contribution in [0.1, 0.15) is 33.1 Å². The van der Waals surface area contributed by atoms with Crippen molar-refractivity contribution in [2.24, 2.45) is 0 Å². The lowest BCUT2D eigenvalue weighted by Crippen LogP contribution is -2.28. The minimum Gasteiger partial charge on any atom is -0.462 e. The molecule has 1 rings (SSSR count). The molecule has 1 saturated heterocycles. The fourth-order valence-corrected chi connectivity index (χ4v) is 1.33. The molecule has 0 bridgehead atoms. The Labute approximate surface area is 86.0 Å². The van der Waals surface area contributed by atoms with E-state index in [9.17, 15) is 0 Å². The van der Waals surface area contributed by atoms with Gasteiger partial charge in [-0.05, 0) is 19.9 Å². The van der Waals surface area contributed by atoms with Crippen molar-refractivity contribution in [3.63, 3.8) is 0 Å². The summed E-state index contributed by atoms with van der Waals surface area (Å²) in [5.41, 5.74) is -0.233. The Bertz CT molecular complexity index is 191. The fraction of sp³-hybridized carbons (Fsp3) is 0.818. The summed E-state index contributed by atoms with van der Waals surface area (Å²) in [5.74, 6) is 0.432. The zero-order valence-electron chi connectivity index (χ0n) is 9.17. The molecule has 1 aliphatic heterocycles. The van der Waals surface area contributed by atoms with Crippen molar-refractivity contribution >= 4 is 0 Å². The standard InChI is InChI=1S/C11H20O3/c1-4-5-7-12-8-6-11(3)9-13-10(2)14-11/h2,4-9H2,1,3H3/t11-/m0/s1. The first-order valence-electron chi connectivity index (χ1n) is 5.25. The number of hydrogen-bond donors (Lipinski definition) is 0. The van der Waals surface area contributed by atoms with E-state index in [1.807, 2.05) is 6.92 Å². The maximum Gasteiger partial charge on any atom is 0.272 e. The fourth-order valence-electron chi connectivity index (χ4n) is 1.33. The number of rotatable bonds is 6. The third-order valence-electron chi connectivity index (χ3n) is 2.32. The summed E-state index contributed by atoms with van der Waals surface area (Å²) in [6.45, 7) is 9.96. The van der Waals surface area contributed by atoms with Crippen LogP contribution in [0.25, 0.3) is 0 Å². The molecule has 0 amide bonds. The lowest BCUT2D eigenvalue weighted by atomic mass is 10.1. The number of ether oxygens (including phenoxy) is 3. The Morgan fingerprint density at radius 2 is 2.29 bits per heavy atom. The molecular weight excluding hydrogens is 180 g/mol. The maximum absolute atomic E-state index is 5.47. The summed E-state index contributed by atoms with van der Waals surface area (Å²) in [7, 11) is 0. The molecule has 0 aromatic rings. The van der Waals surface area contributed by atoms with Crippen LogP contribution in [0.4, 0.5) is 0 Å². The van der Waals surface area contributed by atoms with E-state index in [1.165, 1.54) is 6.42 Å². The summed E-state index contributed by atoms with van der Waals surface area (Å²) in [5, 5.41) is 0. The van der Waals surface area contributed by atoms with Gasteiger partial charge >= 0.3 is 0 Å². The predicted molar refractivity (Wildman–Crippen MR) is 54.9 cm³/mol. The van der Waals surface area contributed by atoms with Gasteiger partial charge in [0.15, 0.2) is 0 Å². The predicted octanol–water partition coefficient (Wildman–Crippen LogP) is 2.47. The molecule has 0 unspecified atom stereocenters. The summed E-state index contributed by atoms with van der Waals surface area (Å²) >= 11 is 0. The van der Waals surface area contributed by atoms with Crippen LogP contribution in [0.5, 0.6) is 0 Å². The molecule has 0 saturated carbocycles. The highest BCUT2D eigenvalue weighted by molar-refractivity contribution is 4.88. The quantitative estimate of drug-likeness (QED) is 0.616. The van der Waals surface area contributed by atoms with Gasteiger partial charge in [-0.2, -0.15) is 0 Å². The first-order chi connectivity index (χ1) is 6.66. The third-order valence-corrected chi connectivity index (χ3v) is 2.32. The third kappa shape index (κ3) is 3.58. The van der Waals surface area contributed by atoms with Crippen LogP contribution < -0.4 is 0 Å². The summed E-state index contributed by atoms with van der Waals surface area (Å²) in [4.78, 5) is 0. The molecule has 0 aliphatic carbocycles. The van der Waals surface area contributed by atoms with E-state index in [2.05, 4.69) is 13.5 Å². The van der Waals surface area contributed by atoms with Gasteiger partial charge in [-0.3, -0.25) is 0 Å². The minimum atomic E-state index is -0.233. The molecule has 0 aromatic heterocycles. The van der Waals surface area contributed by atoms with Gasteiger partial charge in [0.2, 0.25) is 0 Å². The average Bonchev–Trinajstić information content (AvgIpc) is 2.47. The van der Waals surface area contributed by atoms with Gasteiger partial charge in [-0.1, -0.05) is 13.3 Å². The normalized spacial score (nSPS) is 26.0. The molecule has 82 valence electrons. The lowest BCUT2D eigenvalue weighted by molar-refractivity contribution is 0.0222. The van der Waals surface area contributed by atoms with Gasteiger partial charge in [0.05, 0.1) is 6.61 Å². The Kier molecular flexibility index (Phi) is 4.26. The van der Waals surface area contributed by atoms with Crippen molar-refractivity contribution in [2.75, 3.05) is 19.8 Å². The molecule has 0 N–H and O–H groups in total. The Hall–Kier alpha value is -0.700. The molecule has 0 aromatic carbocycles. The van der Waals surface area contributed by atoms with Gasteiger partial charge in [0.25, 0.3) is 5.95 Å². The molecule has 1 aliphatic rings. The van der Waals surface area contributed by atoms with E-state index >= 15 is 0 Å². The van der Waals surface area contributed by atoms with E-state index in [-0.39, 0.29) is 5.60 Å². The van der Waals surface area contributed by atoms with Crippen molar-refractivity contribution < 1.29 is 14.2 Å². The molecule has 14 heavy (non-hydrogen) atoms. The van der Waals surface area contributed by atoms with E-state index in [4.69, 9.17) is 14.2 Å². The second kappa shape index (κ2) is 5.25. The van der Waals surface area contributed by atoms with Crippen LogP contribution in [0.2, 0.25) is 0 Å². The van der Waals surface area contributed by atoms with Crippen LogP contribution in [0.15, 0.2) is 12.5 Å². The SMILES string of the molecule is C=C1OC[C@](C)(CCOCCCC)O1. The van der Waals surface area contributed by atoms with Crippen LogP contribution in [0, 0.1) is 0 Å². The van der Waals surface area contributed by atoms with E-state index in [1.54, 1.807) is 0 Å². The smallest absolute Gasteiger partial charge is 0.272 e. The van der Waals surface area contributed by atoms with Crippen LogP contribution in [-0.2, 0) is 14.2 Å². The monoisotopic (exact) mass is 200 g/mol. The topological polar surface area (TPSA) is 27.7 Å². The van der Waals surface area contributed by atoms with Crippen LogP contribution in [-0.4, -0.2) is 25.4 Å². The van der Waals surface area contributed by atoms with E-state index in [0.29, 0.717) is 12.6 Å². The number of hydrogen-bond acceptors (Lipinski definition) is 3. The van der Waals surface area contributed by atoms with Gasteiger partial charge in [-0.15, -0.1) is 0 Å². The molecule has 3 heteroatoms. The molecule has 1 fully saturated rings. The summed E-state index contributed by atoms with van der Waals surface area (Å²) in [6.07, 6.45) is 3.16. The maximum atomic E-state index is 5.47.